The highest BCUT2D eigenvalue weighted by Crippen LogP contribution is 2.31. The van der Waals surface area contributed by atoms with Crippen molar-refractivity contribution in [3.05, 3.63) is 28.8 Å². The molecule has 1 aliphatic rings. The molecule has 1 aliphatic carbocycles. The fourth-order valence-corrected chi connectivity index (χ4v) is 2.49. The second-order valence-corrected chi connectivity index (χ2v) is 5.26. The van der Waals surface area contributed by atoms with Gasteiger partial charge in [0.15, 0.2) is 0 Å². The van der Waals surface area contributed by atoms with E-state index in [-0.39, 0.29) is 18.2 Å². The first-order valence-corrected chi connectivity index (χ1v) is 6.81. The van der Waals surface area contributed by atoms with Crippen LogP contribution in [0.4, 0.5) is 0 Å². The van der Waals surface area contributed by atoms with Gasteiger partial charge in [-0.15, -0.1) is 0 Å². The van der Waals surface area contributed by atoms with Crippen molar-refractivity contribution in [2.45, 2.75) is 44.4 Å². The van der Waals surface area contributed by atoms with Crippen molar-refractivity contribution in [2.75, 3.05) is 7.05 Å². The molecule has 4 heteroatoms. The smallest absolute Gasteiger partial charge is 0.138 e. The molecule has 3 unspecified atom stereocenters. The van der Waals surface area contributed by atoms with Crippen molar-refractivity contribution in [2.24, 2.45) is 0 Å². The van der Waals surface area contributed by atoms with Gasteiger partial charge in [0.2, 0.25) is 0 Å². The highest BCUT2D eigenvalue weighted by Gasteiger charge is 2.27. The lowest BCUT2D eigenvalue weighted by molar-refractivity contribution is 0.0604. The molecule has 100 valence electrons. The molecule has 18 heavy (non-hydrogen) atoms. The van der Waals surface area contributed by atoms with Crippen LogP contribution in [0.2, 0.25) is 5.02 Å². The molecule has 0 heterocycles. The van der Waals surface area contributed by atoms with Crippen LogP contribution in [0.15, 0.2) is 18.2 Å². The maximum absolute atomic E-state index is 9.74. The summed E-state index contributed by atoms with van der Waals surface area (Å²) in [6, 6.07) is 6.06. The summed E-state index contributed by atoms with van der Waals surface area (Å²) in [5.41, 5.74) is 1.13. The van der Waals surface area contributed by atoms with Gasteiger partial charge in [-0.3, -0.25) is 0 Å². The molecule has 1 fully saturated rings. The lowest BCUT2D eigenvalue weighted by Crippen LogP contribution is -2.25. The van der Waals surface area contributed by atoms with E-state index in [2.05, 4.69) is 12.2 Å². The Morgan fingerprint density at radius 2 is 2.22 bits per heavy atom. The summed E-state index contributed by atoms with van der Waals surface area (Å²) in [5, 5.41) is 13.5. The Bertz CT molecular complexity index is 411. The van der Waals surface area contributed by atoms with Crippen molar-refractivity contribution in [3.8, 4) is 5.75 Å². The summed E-state index contributed by atoms with van der Waals surface area (Å²) in [6.07, 6.45) is 2.24. The summed E-state index contributed by atoms with van der Waals surface area (Å²) in [6.45, 7) is 2.08. The van der Waals surface area contributed by atoms with Crippen molar-refractivity contribution >= 4 is 11.6 Å². The van der Waals surface area contributed by atoms with E-state index in [1.165, 1.54) is 0 Å². The molecule has 1 saturated carbocycles. The van der Waals surface area contributed by atoms with Crippen molar-refractivity contribution in [1.82, 2.24) is 5.32 Å². The number of aliphatic hydroxyl groups excluding tert-OH is 1. The van der Waals surface area contributed by atoms with Crippen molar-refractivity contribution in [3.63, 3.8) is 0 Å². The summed E-state index contributed by atoms with van der Waals surface area (Å²) in [5.74, 6) is 0.662. The summed E-state index contributed by atoms with van der Waals surface area (Å²) in [7, 11) is 1.91. The predicted octanol–water partition coefficient (Wildman–Crippen LogP) is 2.91. The third-order valence-electron chi connectivity index (χ3n) is 3.58. The molecule has 0 bridgehead atoms. The van der Waals surface area contributed by atoms with Gasteiger partial charge < -0.3 is 15.2 Å². The van der Waals surface area contributed by atoms with Gasteiger partial charge >= 0.3 is 0 Å². The van der Waals surface area contributed by atoms with Crippen LogP contribution in [-0.2, 0) is 0 Å². The number of hydrogen-bond acceptors (Lipinski definition) is 3. The average Bonchev–Trinajstić information content (AvgIpc) is 2.76. The average molecular weight is 270 g/mol. The molecule has 1 aromatic carbocycles. The Hall–Kier alpha value is -0.770. The van der Waals surface area contributed by atoms with Crippen LogP contribution in [-0.4, -0.2) is 24.4 Å². The summed E-state index contributed by atoms with van der Waals surface area (Å²) in [4.78, 5) is 0. The first kappa shape index (κ1) is 13.7. The molecule has 2 rings (SSSR count). The molecule has 0 spiro atoms. The number of rotatable bonds is 4. The van der Waals surface area contributed by atoms with Gasteiger partial charge in [0.1, 0.15) is 11.9 Å². The zero-order chi connectivity index (χ0) is 13.1. The van der Waals surface area contributed by atoms with E-state index >= 15 is 0 Å². The van der Waals surface area contributed by atoms with E-state index in [0.717, 1.165) is 24.8 Å². The van der Waals surface area contributed by atoms with E-state index in [1.807, 2.05) is 25.2 Å². The lowest BCUT2D eigenvalue weighted by atomic mass is 10.1. The number of hydrogen-bond donors (Lipinski definition) is 2. The lowest BCUT2D eigenvalue weighted by Gasteiger charge is -2.19. The second-order valence-electron chi connectivity index (χ2n) is 4.85. The van der Waals surface area contributed by atoms with E-state index in [9.17, 15) is 5.11 Å². The molecule has 0 saturated heterocycles. The van der Waals surface area contributed by atoms with E-state index in [4.69, 9.17) is 16.3 Å². The van der Waals surface area contributed by atoms with Gasteiger partial charge in [-0.05, 0) is 50.9 Å². The largest absolute Gasteiger partial charge is 0.486 e. The highest BCUT2D eigenvalue weighted by molar-refractivity contribution is 6.32. The normalized spacial score (nSPS) is 25.1. The standard InChI is InChI=1S/C14H20ClNO2/c1-9(16-2)10-6-7-13(11(15)8-10)18-14-5-3-4-12(14)17/h6-9,12,14,16-17H,3-5H2,1-2H3. The van der Waals surface area contributed by atoms with Crippen LogP contribution < -0.4 is 10.1 Å². The second kappa shape index (κ2) is 5.91. The van der Waals surface area contributed by atoms with Crippen LogP contribution in [0.1, 0.15) is 37.8 Å². The molecule has 3 atom stereocenters. The van der Waals surface area contributed by atoms with Crippen molar-refractivity contribution < 1.29 is 9.84 Å². The van der Waals surface area contributed by atoms with Crippen LogP contribution in [0.25, 0.3) is 0 Å². The molecule has 3 nitrogen and oxygen atoms in total. The Kier molecular flexibility index (Phi) is 4.49. The quantitative estimate of drug-likeness (QED) is 0.883. The topological polar surface area (TPSA) is 41.5 Å². The number of benzene rings is 1. The molecular weight excluding hydrogens is 250 g/mol. The fraction of sp³-hybridized carbons (Fsp3) is 0.571. The number of halogens is 1. The molecular formula is C14H20ClNO2. The van der Waals surface area contributed by atoms with Gasteiger partial charge in [0.25, 0.3) is 0 Å². The first-order valence-electron chi connectivity index (χ1n) is 6.43. The minimum Gasteiger partial charge on any atom is -0.486 e. The Balaban J connectivity index is 2.10. The third-order valence-corrected chi connectivity index (χ3v) is 3.88. The molecule has 0 radical (unpaired) electrons. The zero-order valence-corrected chi connectivity index (χ0v) is 11.6. The van der Waals surface area contributed by atoms with E-state index in [0.29, 0.717) is 10.8 Å². The Labute approximate surface area is 113 Å². The molecule has 0 aromatic heterocycles. The Morgan fingerprint density at radius 3 is 2.78 bits per heavy atom. The minimum absolute atomic E-state index is 0.116. The fourth-order valence-electron chi connectivity index (χ4n) is 2.26. The highest BCUT2D eigenvalue weighted by atomic mass is 35.5. The van der Waals surface area contributed by atoms with E-state index in [1.54, 1.807) is 0 Å². The first-order chi connectivity index (χ1) is 8.61. The monoisotopic (exact) mass is 269 g/mol. The number of ether oxygens (including phenoxy) is 1. The third kappa shape index (κ3) is 2.97. The summed E-state index contributed by atoms with van der Waals surface area (Å²) < 4.78 is 5.78. The number of nitrogens with one attached hydrogen (secondary N) is 1. The maximum Gasteiger partial charge on any atom is 0.138 e. The minimum atomic E-state index is -0.364. The zero-order valence-electron chi connectivity index (χ0n) is 10.8. The predicted molar refractivity (Wildman–Crippen MR) is 73.2 cm³/mol. The molecule has 0 amide bonds. The van der Waals surface area contributed by atoms with Gasteiger partial charge in [-0.2, -0.15) is 0 Å². The molecule has 2 N–H and O–H groups in total. The van der Waals surface area contributed by atoms with Crippen LogP contribution in [0, 0.1) is 0 Å². The Morgan fingerprint density at radius 1 is 1.44 bits per heavy atom. The summed E-state index contributed by atoms with van der Waals surface area (Å²) >= 11 is 6.22. The van der Waals surface area contributed by atoms with Crippen LogP contribution >= 0.6 is 11.6 Å². The van der Waals surface area contributed by atoms with Crippen LogP contribution in [0.3, 0.4) is 0 Å². The van der Waals surface area contributed by atoms with Gasteiger partial charge in [-0.1, -0.05) is 17.7 Å². The SMILES string of the molecule is CNC(C)c1ccc(OC2CCCC2O)c(Cl)c1. The van der Waals surface area contributed by atoms with Gasteiger partial charge in [0.05, 0.1) is 11.1 Å². The van der Waals surface area contributed by atoms with Crippen LogP contribution in [0.5, 0.6) is 5.75 Å². The maximum atomic E-state index is 9.74. The van der Waals surface area contributed by atoms with Gasteiger partial charge in [-0.25, -0.2) is 0 Å². The molecule has 0 aliphatic heterocycles. The van der Waals surface area contributed by atoms with E-state index < -0.39 is 0 Å². The van der Waals surface area contributed by atoms with Gasteiger partial charge in [0, 0.05) is 6.04 Å². The molecule has 1 aromatic rings. The van der Waals surface area contributed by atoms with Crippen molar-refractivity contribution in [1.29, 1.82) is 0 Å². The number of aliphatic hydroxyl groups is 1.